The maximum atomic E-state index is 13.7. The number of aromatic amines is 1. The molecule has 1 aliphatic rings. The highest BCUT2D eigenvalue weighted by Crippen LogP contribution is 2.25. The normalized spacial score (nSPS) is 20.7. The monoisotopic (exact) mass is 263 g/mol. The van der Waals surface area contributed by atoms with E-state index in [0.29, 0.717) is 17.1 Å². The van der Waals surface area contributed by atoms with Gasteiger partial charge in [-0.1, -0.05) is 6.07 Å². The molecule has 2 heterocycles. The van der Waals surface area contributed by atoms with E-state index in [1.807, 2.05) is 0 Å². The molecule has 1 aliphatic heterocycles. The zero-order chi connectivity index (χ0) is 13.6. The van der Waals surface area contributed by atoms with Gasteiger partial charge in [-0.25, -0.2) is 9.18 Å². The van der Waals surface area contributed by atoms with E-state index < -0.39 is 0 Å². The molecule has 19 heavy (non-hydrogen) atoms. The van der Waals surface area contributed by atoms with Gasteiger partial charge in [0.25, 0.3) is 0 Å². The average molecular weight is 263 g/mol. The van der Waals surface area contributed by atoms with Crippen molar-refractivity contribution in [2.75, 3.05) is 13.1 Å². The van der Waals surface area contributed by atoms with Gasteiger partial charge in [-0.2, -0.15) is 0 Å². The summed E-state index contributed by atoms with van der Waals surface area (Å²) >= 11 is 0. The lowest BCUT2D eigenvalue weighted by atomic mass is 10.2. The molecule has 1 fully saturated rings. The van der Waals surface area contributed by atoms with Gasteiger partial charge in [-0.15, -0.1) is 0 Å². The van der Waals surface area contributed by atoms with Gasteiger partial charge in [0.1, 0.15) is 11.3 Å². The lowest BCUT2D eigenvalue weighted by molar-refractivity contribution is 0.265. The summed E-state index contributed by atoms with van der Waals surface area (Å²) in [7, 11) is 0. The molecule has 1 unspecified atom stereocenters. The van der Waals surface area contributed by atoms with Crippen LogP contribution in [0.3, 0.4) is 0 Å². The Morgan fingerprint density at radius 2 is 2.21 bits per heavy atom. The van der Waals surface area contributed by atoms with Crippen molar-refractivity contribution in [2.24, 2.45) is 0 Å². The third-order valence-corrected chi connectivity index (χ3v) is 3.99. The molecule has 4 nitrogen and oxygen atoms in total. The summed E-state index contributed by atoms with van der Waals surface area (Å²) in [6, 6.07) is 5.43. The van der Waals surface area contributed by atoms with Crippen molar-refractivity contribution < 1.29 is 4.39 Å². The van der Waals surface area contributed by atoms with Crippen molar-refractivity contribution >= 4 is 11.0 Å². The minimum atomic E-state index is -0.368. The highest BCUT2D eigenvalue weighted by Gasteiger charge is 2.28. The molecular weight excluding hydrogens is 245 g/mol. The molecule has 102 valence electrons. The fourth-order valence-electron chi connectivity index (χ4n) is 2.92. The zero-order valence-corrected chi connectivity index (χ0v) is 11.2. The lowest BCUT2D eigenvalue weighted by Crippen LogP contribution is -2.30. The second-order valence-electron chi connectivity index (χ2n) is 5.47. The topological polar surface area (TPSA) is 41.0 Å². The number of likely N-dealkylation sites (tertiary alicyclic amines) is 1. The molecule has 5 heteroatoms. The third-order valence-electron chi connectivity index (χ3n) is 3.99. The molecule has 1 aromatic carbocycles. The summed E-state index contributed by atoms with van der Waals surface area (Å²) < 4.78 is 15.4. The number of imidazole rings is 1. The molecule has 1 atom stereocenters. The van der Waals surface area contributed by atoms with Crippen LogP contribution in [0.4, 0.5) is 4.39 Å². The minimum absolute atomic E-state index is 0.130. The van der Waals surface area contributed by atoms with Crippen LogP contribution < -0.4 is 5.69 Å². The quantitative estimate of drug-likeness (QED) is 0.901. The maximum absolute atomic E-state index is 13.7. The molecule has 1 N–H and O–H groups in total. The first kappa shape index (κ1) is 12.4. The number of hydrogen-bond acceptors (Lipinski definition) is 2. The number of nitrogens with zero attached hydrogens (tertiary/aromatic N) is 2. The van der Waals surface area contributed by atoms with E-state index in [0.717, 1.165) is 19.5 Å². The molecule has 2 aromatic rings. The number of hydrogen-bond donors (Lipinski definition) is 1. The van der Waals surface area contributed by atoms with Crippen LogP contribution in [0.25, 0.3) is 11.0 Å². The lowest BCUT2D eigenvalue weighted by Gasteiger charge is -2.20. The van der Waals surface area contributed by atoms with E-state index in [2.05, 4.69) is 23.7 Å². The Labute approximate surface area is 110 Å². The predicted molar refractivity (Wildman–Crippen MR) is 72.9 cm³/mol. The molecule has 0 saturated carbocycles. The summed E-state index contributed by atoms with van der Waals surface area (Å²) in [4.78, 5) is 17.0. The fraction of sp³-hybridized carbons (Fsp3) is 0.500. The highest BCUT2D eigenvalue weighted by molar-refractivity contribution is 5.75. The van der Waals surface area contributed by atoms with Crippen LogP contribution >= 0.6 is 0 Å². The van der Waals surface area contributed by atoms with Gasteiger partial charge in [0.05, 0.1) is 11.6 Å². The predicted octanol–water partition coefficient (Wildman–Crippen LogP) is 2.12. The van der Waals surface area contributed by atoms with E-state index in [4.69, 9.17) is 0 Å². The first-order chi connectivity index (χ1) is 9.08. The number of benzene rings is 1. The van der Waals surface area contributed by atoms with E-state index in [9.17, 15) is 9.18 Å². The van der Waals surface area contributed by atoms with Crippen molar-refractivity contribution in [3.63, 3.8) is 0 Å². The van der Waals surface area contributed by atoms with Gasteiger partial charge < -0.3 is 4.98 Å². The molecule has 0 radical (unpaired) electrons. The number of para-hydroxylation sites is 1. The van der Waals surface area contributed by atoms with Crippen molar-refractivity contribution in [1.29, 1.82) is 0 Å². The second kappa shape index (κ2) is 4.49. The van der Waals surface area contributed by atoms with E-state index in [1.54, 1.807) is 16.7 Å². The Hall–Kier alpha value is -1.62. The van der Waals surface area contributed by atoms with Gasteiger partial charge in [-0.05, 0) is 32.4 Å². The summed E-state index contributed by atoms with van der Waals surface area (Å²) in [6.45, 7) is 6.14. The summed E-state index contributed by atoms with van der Waals surface area (Å²) in [5.41, 5.74) is 0.770. The molecule has 0 spiro atoms. The van der Waals surface area contributed by atoms with Crippen LogP contribution in [0.2, 0.25) is 0 Å². The maximum Gasteiger partial charge on any atom is 0.326 e. The third kappa shape index (κ3) is 1.98. The number of H-pyrrole nitrogens is 1. The van der Waals surface area contributed by atoms with E-state index in [1.165, 1.54) is 6.07 Å². The standard InChI is InChI=1S/C14H18FN3O/c1-9(2)17-7-6-10(8-17)18-12-5-3-4-11(15)13(12)16-14(18)19/h3-5,9-10H,6-8H2,1-2H3,(H,16,19). The minimum Gasteiger partial charge on any atom is -0.303 e. The van der Waals surface area contributed by atoms with Crippen molar-refractivity contribution in [3.05, 3.63) is 34.5 Å². The van der Waals surface area contributed by atoms with Gasteiger partial charge in [-0.3, -0.25) is 9.47 Å². The van der Waals surface area contributed by atoms with Crippen LogP contribution in [0.1, 0.15) is 26.3 Å². The summed E-state index contributed by atoms with van der Waals surface area (Å²) in [5, 5.41) is 0. The Kier molecular flexibility index (Phi) is 2.93. The molecule has 0 amide bonds. The van der Waals surface area contributed by atoms with Crippen molar-refractivity contribution in [1.82, 2.24) is 14.5 Å². The molecule has 0 aliphatic carbocycles. The van der Waals surface area contributed by atoms with Gasteiger partial charge in [0.2, 0.25) is 0 Å². The Balaban J connectivity index is 2.04. The zero-order valence-electron chi connectivity index (χ0n) is 11.2. The van der Waals surface area contributed by atoms with Crippen LogP contribution in [-0.2, 0) is 0 Å². The fourth-order valence-corrected chi connectivity index (χ4v) is 2.92. The number of halogens is 1. The smallest absolute Gasteiger partial charge is 0.303 e. The van der Waals surface area contributed by atoms with E-state index >= 15 is 0 Å². The first-order valence-electron chi connectivity index (χ1n) is 6.70. The SMILES string of the molecule is CC(C)N1CCC(n2c(=O)[nH]c3c(F)cccc32)C1. The Morgan fingerprint density at radius 1 is 1.42 bits per heavy atom. The first-order valence-corrected chi connectivity index (χ1v) is 6.70. The van der Waals surface area contributed by atoms with Gasteiger partial charge >= 0.3 is 5.69 Å². The van der Waals surface area contributed by atoms with Gasteiger partial charge in [0, 0.05) is 19.1 Å². The molecule has 1 aromatic heterocycles. The van der Waals surface area contributed by atoms with Gasteiger partial charge in [0.15, 0.2) is 0 Å². The van der Waals surface area contributed by atoms with Crippen LogP contribution in [0.5, 0.6) is 0 Å². The van der Waals surface area contributed by atoms with Crippen molar-refractivity contribution in [3.8, 4) is 0 Å². The highest BCUT2D eigenvalue weighted by atomic mass is 19.1. The molecular formula is C14H18FN3O. The molecule has 3 rings (SSSR count). The molecule has 0 bridgehead atoms. The Bertz CT molecular complexity index is 658. The number of nitrogens with one attached hydrogen (secondary N) is 1. The largest absolute Gasteiger partial charge is 0.326 e. The summed E-state index contributed by atoms with van der Waals surface area (Å²) in [6.07, 6.45) is 0.932. The second-order valence-corrected chi connectivity index (χ2v) is 5.47. The number of fused-ring (bicyclic) bond motifs is 1. The number of rotatable bonds is 2. The van der Waals surface area contributed by atoms with Crippen molar-refractivity contribution in [2.45, 2.75) is 32.4 Å². The summed E-state index contributed by atoms with van der Waals surface area (Å²) in [5.74, 6) is -0.368. The average Bonchev–Trinajstić information content (AvgIpc) is 2.93. The Morgan fingerprint density at radius 3 is 2.89 bits per heavy atom. The van der Waals surface area contributed by atoms with E-state index in [-0.39, 0.29) is 17.5 Å². The number of aromatic nitrogens is 2. The van der Waals surface area contributed by atoms with Crippen LogP contribution in [0, 0.1) is 5.82 Å². The van der Waals surface area contributed by atoms with Crippen LogP contribution in [0.15, 0.2) is 23.0 Å². The molecule has 1 saturated heterocycles. The van der Waals surface area contributed by atoms with Crippen LogP contribution in [-0.4, -0.2) is 33.6 Å².